The number of hydrogen-bond donors (Lipinski definition) is 1. The van der Waals surface area contributed by atoms with Crippen molar-refractivity contribution in [3.05, 3.63) is 75.4 Å². The standard InChI is InChI=1S/C26H25ClN4O4S2/c1-15-5-6-16(2)20(11-15)35-12-21-29-30-26(31(21)3)37-14-22(32)28-24-23(25(33)34-4)19(13-36-24)17-7-9-18(27)10-8-17/h5-11,13H,12,14H2,1-4H3,(H,28,32). The molecular weight excluding hydrogens is 532 g/mol. The highest BCUT2D eigenvalue weighted by Gasteiger charge is 2.23. The van der Waals surface area contributed by atoms with Crippen LogP contribution in [0.5, 0.6) is 5.75 Å². The Hall–Kier alpha value is -3.34. The van der Waals surface area contributed by atoms with Crippen LogP contribution in [0.3, 0.4) is 0 Å². The number of anilines is 1. The lowest BCUT2D eigenvalue weighted by molar-refractivity contribution is -0.113. The van der Waals surface area contributed by atoms with Crippen LogP contribution in [-0.2, 0) is 23.2 Å². The fraction of sp³-hybridized carbons (Fsp3) is 0.231. The molecule has 0 bridgehead atoms. The molecule has 0 radical (unpaired) electrons. The number of halogens is 1. The number of methoxy groups -OCH3 is 1. The highest BCUT2D eigenvalue weighted by molar-refractivity contribution is 7.99. The number of thiophene rings is 1. The van der Waals surface area contributed by atoms with E-state index in [1.807, 2.05) is 56.6 Å². The number of nitrogens with one attached hydrogen (secondary N) is 1. The molecule has 2 aromatic heterocycles. The molecule has 2 heterocycles. The molecule has 1 N–H and O–H groups in total. The average Bonchev–Trinajstić information content (AvgIpc) is 3.46. The predicted molar refractivity (Wildman–Crippen MR) is 147 cm³/mol. The Morgan fingerprint density at radius 3 is 2.62 bits per heavy atom. The van der Waals surface area contributed by atoms with Gasteiger partial charge < -0.3 is 19.4 Å². The van der Waals surface area contributed by atoms with Gasteiger partial charge in [0.25, 0.3) is 0 Å². The minimum atomic E-state index is -0.532. The summed E-state index contributed by atoms with van der Waals surface area (Å²) in [5.41, 5.74) is 3.92. The van der Waals surface area contributed by atoms with E-state index in [4.69, 9.17) is 21.1 Å². The van der Waals surface area contributed by atoms with Crippen LogP contribution < -0.4 is 10.1 Å². The molecule has 0 saturated carbocycles. The molecule has 1 amide bonds. The molecule has 0 aliphatic carbocycles. The van der Waals surface area contributed by atoms with Gasteiger partial charge in [0.15, 0.2) is 11.0 Å². The number of rotatable bonds is 9. The van der Waals surface area contributed by atoms with Crippen molar-refractivity contribution >= 4 is 51.6 Å². The Kier molecular flexibility index (Phi) is 8.52. The van der Waals surface area contributed by atoms with Gasteiger partial charge in [-0.05, 0) is 48.7 Å². The molecule has 0 aliphatic heterocycles. The third kappa shape index (κ3) is 6.33. The van der Waals surface area contributed by atoms with Gasteiger partial charge in [0.1, 0.15) is 22.9 Å². The molecule has 0 unspecified atom stereocenters. The van der Waals surface area contributed by atoms with Crippen LogP contribution >= 0.6 is 34.7 Å². The summed E-state index contributed by atoms with van der Waals surface area (Å²) in [4.78, 5) is 25.3. The second-order valence-electron chi connectivity index (χ2n) is 8.20. The van der Waals surface area contributed by atoms with Crippen molar-refractivity contribution in [2.75, 3.05) is 18.2 Å². The summed E-state index contributed by atoms with van der Waals surface area (Å²) in [6.07, 6.45) is 0. The molecule has 192 valence electrons. The van der Waals surface area contributed by atoms with Crippen LogP contribution in [0.1, 0.15) is 27.3 Å². The predicted octanol–water partition coefficient (Wildman–Crippen LogP) is 5.91. The zero-order valence-electron chi connectivity index (χ0n) is 20.7. The molecular formula is C26H25ClN4O4S2. The number of esters is 1. The summed E-state index contributed by atoms with van der Waals surface area (Å²) < 4.78 is 12.7. The van der Waals surface area contributed by atoms with Crippen molar-refractivity contribution < 1.29 is 19.1 Å². The summed E-state index contributed by atoms with van der Waals surface area (Å²) in [6, 6.07) is 13.1. The molecule has 2 aromatic carbocycles. The van der Waals surface area contributed by atoms with Crippen molar-refractivity contribution in [2.45, 2.75) is 25.6 Å². The van der Waals surface area contributed by atoms with Crippen LogP contribution in [0.4, 0.5) is 5.00 Å². The van der Waals surface area contributed by atoms with E-state index in [1.54, 1.807) is 16.7 Å². The summed E-state index contributed by atoms with van der Waals surface area (Å²) in [6.45, 7) is 4.26. The lowest BCUT2D eigenvalue weighted by atomic mass is 10.0. The number of thioether (sulfide) groups is 1. The molecule has 11 heteroatoms. The van der Waals surface area contributed by atoms with Crippen LogP contribution in [0.25, 0.3) is 11.1 Å². The Bertz CT molecular complexity index is 1430. The first kappa shape index (κ1) is 26.7. The number of carbonyl (C=O) groups excluding carboxylic acids is 2. The lowest BCUT2D eigenvalue weighted by Gasteiger charge is -2.10. The van der Waals surface area contributed by atoms with Crippen LogP contribution in [0.2, 0.25) is 5.02 Å². The van der Waals surface area contributed by atoms with Crippen molar-refractivity contribution in [1.82, 2.24) is 14.8 Å². The minimum absolute atomic E-state index is 0.0820. The van der Waals surface area contributed by atoms with E-state index >= 15 is 0 Å². The van der Waals surface area contributed by atoms with E-state index in [-0.39, 0.29) is 18.3 Å². The molecule has 0 atom stereocenters. The molecule has 0 aliphatic rings. The first-order chi connectivity index (χ1) is 17.8. The van der Waals surface area contributed by atoms with Crippen LogP contribution in [0, 0.1) is 13.8 Å². The zero-order valence-corrected chi connectivity index (χ0v) is 23.1. The highest BCUT2D eigenvalue weighted by Crippen LogP contribution is 2.36. The summed E-state index contributed by atoms with van der Waals surface area (Å²) in [7, 11) is 3.14. The fourth-order valence-corrected chi connectivity index (χ4v) is 5.32. The molecule has 4 rings (SSSR count). The van der Waals surface area contributed by atoms with Crippen molar-refractivity contribution in [1.29, 1.82) is 0 Å². The number of aromatic nitrogens is 3. The highest BCUT2D eigenvalue weighted by atomic mass is 35.5. The minimum Gasteiger partial charge on any atom is -0.485 e. The van der Waals surface area contributed by atoms with Gasteiger partial charge in [-0.1, -0.05) is 47.6 Å². The van der Waals surface area contributed by atoms with Crippen molar-refractivity contribution in [3.63, 3.8) is 0 Å². The largest absolute Gasteiger partial charge is 0.485 e. The van der Waals surface area contributed by atoms with Gasteiger partial charge in [-0.15, -0.1) is 21.5 Å². The third-order valence-corrected chi connectivity index (χ3v) is 7.71. The zero-order chi connectivity index (χ0) is 26.5. The first-order valence-corrected chi connectivity index (χ1v) is 13.5. The number of carbonyl (C=O) groups is 2. The summed E-state index contributed by atoms with van der Waals surface area (Å²) in [5, 5.41) is 14.6. The maximum Gasteiger partial charge on any atom is 0.341 e. The smallest absolute Gasteiger partial charge is 0.341 e. The van der Waals surface area contributed by atoms with Crippen molar-refractivity contribution in [3.8, 4) is 16.9 Å². The van der Waals surface area contributed by atoms with Gasteiger partial charge in [-0.25, -0.2) is 4.79 Å². The van der Waals surface area contributed by atoms with E-state index < -0.39 is 5.97 Å². The van der Waals surface area contributed by atoms with E-state index in [1.165, 1.54) is 30.2 Å². The molecule has 0 spiro atoms. The molecule has 37 heavy (non-hydrogen) atoms. The normalized spacial score (nSPS) is 10.8. The Balaban J connectivity index is 1.40. The van der Waals surface area contributed by atoms with E-state index in [9.17, 15) is 9.59 Å². The first-order valence-electron chi connectivity index (χ1n) is 11.2. The Labute approximate surface area is 228 Å². The molecule has 0 saturated heterocycles. The Morgan fingerprint density at radius 1 is 1.14 bits per heavy atom. The SMILES string of the molecule is COC(=O)c1c(-c2ccc(Cl)cc2)csc1NC(=O)CSc1nnc(COc2cc(C)ccc2C)n1C. The number of aryl methyl sites for hydroxylation is 2. The van der Waals surface area contributed by atoms with Gasteiger partial charge >= 0.3 is 5.97 Å². The van der Waals surface area contributed by atoms with Crippen molar-refractivity contribution in [2.24, 2.45) is 7.05 Å². The van der Waals surface area contributed by atoms with Gasteiger partial charge in [0.05, 0.1) is 12.9 Å². The van der Waals surface area contributed by atoms with Crippen LogP contribution in [0.15, 0.2) is 53.0 Å². The lowest BCUT2D eigenvalue weighted by Crippen LogP contribution is -2.16. The quantitative estimate of drug-likeness (QED) is 0.202. The summed E-state index contributed by atoms with van der Waals surface area (Å²) in [5.74, 6) is 0.708. The third-order valence-electron chi connectivity index (χ3n) is 5.55. The number of ether oxygens (including phenoxy) is 2. The van der Waals surface area contributed by atoms with E-state index in [2.05, 4.69) is 15.5 Å². The number of hydrogen-bond acceptors (Lipinski definition) is 8. The molecule has 0 fully saturated rings. The maximum absolute atomic E-state index is 12.8. The average molecular weight is 557 g/mol. The van der Waals surface area contributed by atoms with E-state index in [0.29, 0.717) is 32.1 Å². The topological polar surface area (TPSA) is 95.3 Å². The molecule has 8 nitrogen and oxygen atoms in total. The fourth-order valence-electron chi connectivity index (χ4n) is 3.49. The Morgan fingerprint density at radius 2 is 1.89 bits per heavy atom. The second-order valence-corrected chi connectivity index (χ2v) is 10.5. The van der Waals surface area contributed by atoms with Crippen LogP contribution in [-0.4, -0.2) is 39.5 Å². The van der Waals surface area contributed by atoms with Gasteiger partial charge in [-0.2, -0.15) is 0 Å². The van der Waals surface area contributed by atoms with E-state index in [0.717, 1.165) is 22.4 Å². The summed E-state index contributed by atoms with van der Waals surface area (Å²) >= 11 is 8.49. The monoisotopic (exact) mass is 556 g/mol. The second kappa shape index (κ2) is 11.8. The maximum atomic E-state index is 12.8. The number of amides is 1. The number of nitrogens with zero attached hydrogens (tertiary/aromatic N) is 3. The van der Waals surface area contributed by atoms with Gasteiger partial charge in [-0.3, -0.25) is 4.79 Å². The molecule has 4 aromatic rings. The number of benzene rings is 2. The van der Waals surface area contributed by atoms with Gasteiger partial charge in [0.2, 0.25) is 5.91 Å². The van der Waals surface area contributed by atoms with Gasteiger partial charge in [0, 0.05) is 23.0 Å².